The van der Waals surface area contributed by atoms with E-state index in [2.05, 4.69) is 25.7 Å². The lowest BCUT2D eigenvalue weighted by molar-refractivity contribution is -0.127. The summed E-state index contributed by atoms with van der Waals surface area (Å²) in [6.07, 6.45) is 3.97. The molecule has 142 valence electrons. The normalized spacial score (nSPS) is 20.3. The molecule has 1 atom stereocenters. The van der Waals surface area contributed by atoms with Gasteiger partial charge in [0, 0.05) is 38.1 Å². The van der Waals surface area contributed by atoms with Gasteiger partial charge >= 0.3 is 0 Å². The van der Waals surface area contributed by atoms with Crippen LogP contribution in [0.4, 0.5) is 0 Å². The molecule has 0 unspecified atom stereocenters. The molecule has 1 heterocycles. The lowest BCUT2D eigenvalue weighted by Gasteiger charge is -2.33. The number of nitrogens with zero attached hydrogens (tertiary/aromatic N) is 1. The molecule has 0 saturated carbocycles. The average Bonchev–Trinajstić information content (AvgIpc) is 2.46. The predicted octanol–water partition coefficient (Wildman–Crippen LogP) is 3.93. The summed E-state index contributed by atoms with van der Waals surface area (Å²) in [5, 5.41) is 0. The van der Waals surface area contributed by atoms with Gasteiger partial charge in [-0.15, -0.1) is 0 Å². The second-order valence-corrected chi connectivity index (χ2v) is 9.28. The van der Waals surface area contributed by atoms with Crippen molar-refractivity contribution >= 4 is 5.78 Å². The van der Waals surface area contributed by atoms with E-state index in [1.54, 1.807) is 0 Å². The number of ether oxygens (including phenoxy) is 2. The zero-order chi connectivity index (χ0) is 18.2. The topological polar surface area (TPSA) is 38.8 Å². The summed E-state index contributed by atoms with van der Waals surface area (Å²) in [6, 6.07) is 0. The largest absolute Gasteiger partial charge is 0.380 e. The molecule has 0 bridgehead atoms. The average molecular weight is 342 g/mol. The Morgan fingerprint density at radius 1 is 1.17 bits per heavy atom. The van der Waals surface area contributed by atoms with Crippen molar-refractivity contribution in [2.75, 3.05) is 39.5 Å². The Hall–Kier alpha value is -0.450. The Labute approximate surface area is 149 Å². The zero-order valence-corrected chi connectivity index (χ0v) is 16.8. The van der Waals surface area contributed by atoms with Crippen LogP contribution in [-0.4, -0.2) is 56.2 Å². The molecule has 4 heteroatoms. The van der Waals surface area contributed by atoms with Gasteiger partial charge in [-0.05, 0) is 24.7 Å². The molecule has 1 rings (SSSR count). The third-order valence-corrected chi connectivity index (χ3v) is 4.52. The second kappa shape index (κ2) is 9.88. The quantitative estimate of drug-likeness (QED) is 0.596. The fraction of sp³-hybridized carbons (Fsp3) is 0.950. The van der Waals surface area contributed by atoms with Gasteiger partial charge in [0.05, 0.1) is 19.3 Å². The summed E-state index contributed by atoms with van der Waals surface area (Å²) in [5.74, 6) is 0.324. The highest BCUT2D eigenvalue weighted by Crippen LogP contribution is 2.21. The van der Waals surface area contributed by atoms with Crippen LogP contribution < -0.4 is 0 Å². The highest BCUT2D eigenvalue weighted by Gasteiger charge is 2.25. The van der Waals surface area contributed by atoms with Crippen molar-refractivity contribution in [2.24, 2.45) is 10.8 Å². The second-order valence-electron chi connectivity index (χ2n) is 9.28. The number of morpholine rings is 1. The number of ketones is 1. The first-order valence-electron chi connectivity index (χ1n) is 9.53. The number of rotatable bonds is 9. The fourth-order valence-electron chi connectivity index (χ4n) is 2.83. The smallest absolute Gasteiger partial charge is 0.138 e. The Bertz CT molecular complexity index is 368. The molecule has 0 aromatic rings. The molecule has 1 aliphatic heterocycles. The fourth-order valence-corrected chi connectivity index (χ4v) is 2.83. The molecule has 1 aliphatic rings. The summed E-state index contributed by atoms with van der Waals surface area (Å²) in [6.45, 7) is 18.0. The highest BCUT2D eigenvalue weighted by atomic mass is 16.5. The molecule has 0 radical (unpaired) electrons. The van der Waals surface area contributed by atoms with Crippen LogP contribution in [0.25, 0.3) is 0 Å². The molecule has 4 nitrogen and oxygen atoms in total. The van der Waals surface area contributed by atoms with Crippen molar-refractivity contribution in [3.8, 4) is 0 Å². The monoisotopic (exact) mass is 341 g/mol. The molecule has 0 aromatic carbocycles. The summed E-state index contributed by atoms with van der Waals surface area (Å²) in [7, 11) is 0. The Morgan fingerprint density at radius 3 is 2.50 bits per heavy atom. The van der Waals surface area contributed by atoms with Gasteiger partial charge in [-0.3, -0.25) is 9.69 Å². The minimum absolute atomic E-state index is 0.186. The Kier molecular flexibility index (Phi) is 8.89. The highest BCUT2D eigenvalue weighted by molar-refractivity contribution is 5.83. The van der Waals surface area contributed by atoms with E-state index in [1.165, 1.54) is 6.42 Å². The molecule has 0 aromatic heterocycles. The molecule has 24 heavy (non-hydrogen) atoms. The Balaban J connectivity index is 2.14. The lowest BCUT2D eigenvalue weighted by Crippen LogP contribution is -2.44. The summed E-state index contributed by atoms with van der Waals surface area (Å²) >= 11 is 0. The van der Waals surface area contributed by atoms with Crippen LogP contribution in [0.5, 0.6) is 0 Å². The molecular formula is C20H39NO3. The number of Topliss-reactive ketones (excluding diaryl/α,β-unsaturated/α-hetero) is 1. The lowest BCUT2D eigenvalue weighted by atomic mass is 9.87. The third kappa shape index (κ3) is 9.75. The summed E-state index contributed by atoms with van der Waals surface area (Å²) in [5.41, 5.74) is 0.153. The van der Waals surface area contributed by atoms with Crippen molar-refractivity contribution in [1.82, 2.24) is 4.90 Å². The van der Waals surface area contributed by atoms with Crippen LogP contribution in [0.1, 0.15) is 67.2 Å². The molecule has 0 N–H and O–H groups in total. The summed E-state index contributed by atoms with van der Waals surface area (Å²) in [4.78, 5) is 14.4. The van der Waals surface area contributed by atoms with Crippen molar-refractivity contribution < 1.29 is 14.3 Å². The van der Waals surface area contributed by atoms with Crippen LogP contribution in [0.15, 0.2) is 0 Å². The summed E-state index contributed by atoms with van der Waals surface area (Å²) < 4.78 is 11.6. The zero-order valence-electron chi connectivity index (χ0n) is 16.8. The van der Waals surface area contributed by atoms with E-state index in [0.717, 1.165) is 52.3 Å². The minimum Gasteiger partial charge on any atom is -0.380 e. The maximum Gasteiger partial charge on any atom is 0.138 e. The van der Waals surface area contributed by atoms with E-state index in [-0.39, 0.29) is 11.5 Å². The van der Waals surface area contributed by atoms with Gasteiger partial charge in [-0.1, -0.05) is 41.5 Å². The van der Waals surface area contributed by atoms with Crippen LogP contribution in [-0.2, 0) is 14.3 Å². The van der Waals surface area contributed by atoms with Crippen LogP contribution >= 0.6 is 0 Å². The first kappa shape index (κ1) is 21.6. The maximum atomic E-state index is 12.0. The van der Waals surface area contributed by atoms with Crippen molar-refractivity contribution in [1.29, 1.82) is 0 Å². The third-order valence-electron chi connectivity index (χ3n) is 4.52. The molecule has 0 spiro atoms. The van der Waals surface area contributed by atoms with Gasteiger partial charge in [0.15, 0.2) is 0 Å². The first-order chi connectivity index (χ1) is 11.1. The van der Waals surface area contributed by atoms with E-state index in [1.807, 2.05) is 20.8 Å². The number of carbonyl (C=O) groups excluding carboxylic acids is 1. The van der Waals surface area contributed by atoms with Gasteiger partial charge in [-0.2, -0.15) is 0 Å². The SMILES string of the molecule is CC(C)(C)CCCOCCN1CCO[C@H](CCC(=O)C(C)(C)C)C1. The van der Waals surface area contributed by atoms with E-state index in [0.29, 0.717) is 17.6 Å². The van der Waals surface area contributed by atoms with Gasteiger partial charge < -0.3 is 9.47 Å². The minimum atomic E-state index is -0.241. The standard InChI is InChI=1S/C20H39NO3/c1-19(2,3)10-7-13-23-14-11-21-12-15-24-17(16-21)8-9-18(22)20(4,5)6/h17H,7-16H2,1-6H3/t17-/m1/s1. The Morgan fingerprint density at radius 2 is 1.88 bits per heavy atom. The predicted molar refractivity (Wildman–Crippen MR) is 99.4 cm³/mol. The van der Waals surface area contributed by atoms with Gasteiger partial charge in [0.25, 0.3) is 0 Å². The molecule has 1 fully saturated rings. The molecule has 1 saturated heterocycles. The van der Waals surface area contributed by atoms with Crippen molar-refractivity contribution in [3.05, 3.63) is 0 Å². The maximum absolute atomic E-state index is 12.0. The van der Waals surface area contributed by atoms with Crippen LogP contribution in [0.2, 0.25) is 0 Å². The van der Waals surface area contributed by atoms with E-state index < -0.39 is 0 Å². The van der Waals surface area contributed by atoms with E-state index in [4.69, 9.17) is 9.47 Å². The molecule has 0 aliphatic carbocycles. The number of hydrogen-bond acceptors (Lipinski definition) is 4. The molecular weight excluding hydrogens is 302 g/mol. The number of carbonyl (C=O) groups is 1. The first-order valence-corrected chi connectivity index (χ1v) is 9.53. The van der Waals surface area contributed by atoms with Gasteiger partial charge in [0.2, 0.25) is 0 Å². The van der Waals surface area contributed by atoms with E-state index in [9.17, 15) is 4.79 Å². The van der Waals surface area contributed by atoms with Crippen LogP contribution in [0.3, 0.4) is 0 Å². The number of hydrogen-bond donors (Lipinski definition) is 0. The van der Waals surface area contributed by atoms with Crippen molar-refractivity contribution in [3.63, 3.8) is 0 Å². The van der Waals surface area contributed by atoms with Crippen molar-refractivity contribution in [2.45, 2.75) is 73.3 Å². The van der Waals surface area contributed by atoms with E-state index >= 15 is 0 Å². The van der Waals surface area contributed by atoms with Gasteiger partial charge in [-0.25, -0.2) is 0 Å². The van der Waals surface area contributed by atoms with Crippen LogP contribution in [0, 0.1) is 10.8 Å². The van der Waals surface area contributed by atoms with Gasteiger partial charge in [0.1, 0.15) is 5.78 Å². The molecule has 0 amide bonds.